The normalized spacial score (nSPS) is 10.3. The van der Waals surface area contributed by atoms with Crippen LogP contribution < -0.4 is 10.2 Å². The summed E-state index contributed by atoms with van der Waals surface area (Å²) in [5.41, 5.74) is 5.81. The minimum atomic E-state index is 1.09. The molecule has 0 fully saturated rings. The number of para-hydroxylation sites is 1. The molecule has 0 amide bonds. The lowest BCUT2D eigenvalue weighted by molar-refractivity contribution is 1.21. The molecular formula is C20H20N2. The number of rotatable bonds is 4. The fourth-order valence-electron chi connectivity index (χ4n) is 2.46. The molecular weight excluding hydrogens is 268 g/mol. The fraction of sp³-hybridized carbons (Fsp3) is 0.100. The molecule has 0 bridgehead atoms. The number of hydrogen-bond donors (Lipinski definition) is 1. The van der Waals surface area contributed by atoms with E-state index in [-0.39, 0.29) is 0 Å². The van der Waals surface area contributed by atoms with Gasteiger partial charge in [0, 0.05) is 29.8 Å². The Labute approximate surface area is 132 Å². The summed E-state index contributed by atoms with van der Waals surface area (Å²) >= 11 is 0. The molecule has 2 heteroatoms. The van der Waals surface area contributed by atoms with Crippen LogP contribution >= 0.6 is 0 Å². The SMILES string of the molecule is Cc1cccc(Nc2ccc(N(C)c3ccccc3)cc2)c1. The third kappa shape index (κ3) is 3.29. The first-order chi connectivity index (χ1) is 10.7. The largest absolute Gasteiger partial charge is 0.356 e. The number of nitrogens with zero attached hydrogens (tertiary/aromatic N) is 1. The molecule has 3 aromatic rings. The number of anilines is 4. The van der Waals surface area contributed by atoms with Crippen molar-refractivity contribution in [3.05, 3.63) is 84.4 Å². The van der Waals surface area contributed by atoms with Gasteiger partial charge in [0.2, 0.25) is 0 Å². The van der Waals surface area contributed by atoms with Crippen LogP contribution in [-0.2, 0) is 0 Å². The van der Waals surface area contributed by atoms with Gasteiger partial charge in [-0.1, -0.05) is 30.3 Å². The van der Waals surface area contributed by atoms with Crippen molar-refractivity contribution in [2.75, 3.05) is 17.3 Å². The van der Waals surface area contributed by atoms with Crippen molar-refractivity contribution in [2.24, 2.45) is 0 Å². The molecule has 0 aromatic heterocycles. The summed E-state index contributed by atoms with van der Waals surface area (Å²) in [5, 5.41) is 3.43. The van der Waals surface area contributed by atoms with E-state index in [4.69, 9.17) is 0 Å². The molecule has 0 aliphatic carbocycles. The van der Waals surface area contributed by atoms with E-state index in [2.05, 4.69) is 97.0 Å². The van der Waals surface area contributed by atoms with Gasteiger partial charge in [-0.15, -0.1) is 0 Å². The molecule has 0 radical (unpaired) electrons. The van der Waals surface area contributed by atoms with Crippen LogP contribution in [0.15, 0.2) is 78.9 Å². The molecule has 110 valence electrons. The Morgan fingerprint density at radius 3 is 2.05 bits per heavy atom. The van der Waals surface area contributed by atoms with Crippen molar-refractivity contribution in [1.29, 1.82) is 0 Å². The van der Waals surface area contributed by atoms with Crippen molar-refractivity contribution in [3.8, 4) is 0 Å². The number of benzene rings is 3. The average Bonchev–Trinajstić information content (AvgIpc) is 2.56. The van der Waals surface area contributed by atoms with E-state index in [0.717, 1.165) is 11.4 Å². The first kappa shape index (κ1) is 14.2. The lowest BCUT2D eigenvalue weighted by atomic mass is 10.2. The van der Waals surface area contributed by atoms with E-state index in [1.165, 1.54) is 16.9 Å². The summed E-state index contributed by atoms with van der Waals surface area (Å²) in [4.78, 5) is 2.18. The van der Waals surface area contributed by atoms with Crippen molar-refractivity contribution in [3.63, 3.8) is 0 Å². The van der Waals surface area contributed by atoms with Gasteiger partial charge in [-0.05, 0) is 61.0 Å². The van der Waals surface area contributed by atoms with Crippen LogP contribution in [0.3, 0.4) is 0 Å². The third-order valence-electron chi connectivity index (χ3n) is 3.70. The predicted octanol–water partition coefficient (Wildman–Crippen LogP) is 5.51. The maximum absolute atomic E-state index is 3.43. The summed E-state index contributed by atoms with van der Waals surface area (Å²) in [6.45, 7) is 2.10. The summed E-state index contributed by atoms with van der Waals surface area (Å²) in [6, 6.07) is 27.2. The van der Waals surface area contributed by atoms with Crippen LogP contribution in [-0.4, -0.2) is 7.05 Å². The molecule has 0 atom stereocenters. The van der Waals surface area contributed by atoms with Crippen LogP contribution in [0.4, 0.5) is 22.7 Å². The molecule has 0 saturated heterocycles. The number of aryl methyl sites for hydroxylation is 1. The van der Waals surface area contributed by atoms with Crippen molar-refractivity contribution in [2.45, 2.75) is 6.92 Å². The Morgan fingerprint density at radius 2 is 1.36 bits per heavy atom. The van der Waals surface area contributed by atoms with Crippen LogP contribution in [0.1, 0.15) is 5.56 Å². The maximum atomic E-state index is 3.43. The monoisotopic (exact) mass is 288 g/mol. The Bertz CT molecular complexity index is 733. The molecule has 2 nitrogen and oxygen atoms in total. The molecule has 3 rings (SSSR count). The highest BCUT2D eigenvalue weighted by Gasteiger charge is 2.03. The topological polar surface area (TPSA) is 15.3 Å². The van der Waals surface area contributed by atoms with Gasteiger partial charge < -0.3 is 10.2 Å². The van der Waals surface area contributed by atoms with Crippen LogP contribution in [0.25, 0.3) is 0 Å². The zero-order valence-corrected chi connectivity index (χ0v) is 13.0. The smallest absolute Gasteiger partial charge is 0.0409 e. The van der Waals surface area contributed by atoms with Gasteiger partial charge in [-0.3, -0.25) is 0 Å². The van der Waals surface area contributed by atoms with Gasteiger partial charge in [0.05, 0.1) is 0 Å². The molecule has 0 aliphatic rings. The Morgan fingerprint density at radius 1 is 0.682 bits per heavy atom. The van der Waals surface area contributed by atoms with Crippen LogP contribution in [0.5, 0.6) is 0 Å². The first-order valence-electron chi connectivity index (χ1n) is 7.45. The van der Waals surface area contributed by atoms with Crippen molar-refractivity contribution in [1.82, 2.24) is 0 Å². The minimum Gasteiger partial charge on any atom is -0.356 e. The Kier molecular flexibility index (Phi) is 4.10. The Hall–Kier alpha value is -2.74. The lowest BCUT2D eigenvalue weighted by Crippen LogP contribution is -2.08. The van der Waals surface area contributed by atoms with Gasteiger partial charge >= 0.3 is 0 Å². The molecule has 22 heavy (non-hydrogen) atoms. The van der Waals surface area contributed by atoms with E-state index in [9.17, 15) is 0 Å². The fourth-order valence-corrected chi connectivity index (χ4v) is 2.46. The molecule has 3 aromatic carbocycles. The third-order valence-corrected chi connectivity index (χ3v) is 3.70. The average molecular weight is 288 g/mol. The highest BCUT2D eigenvalue weighted by atomic mass is 15.1. The quantitative estimate of drug-likeness (QED) is 0.681. The van der Waals surface area contributed by atoms with Gasteiger partial charge in [-0.2, -0.15) is 0 Å². The molecule has 0 heterocycles. The number of nitrogens with one attached hydrogen (secondary N) is 1. The number of hydrogen-bond acceptors (Lipinski definition) is 2. The second-order valence-electron chi connectivity index (χ2n) is 5.44. The van der Waals surface area contributed by atoms with Gasteiger partial charge in [0.15, 0.2) is 0 Å². The molecule has 0 aliphatic heterocycles. The minimum absolute atomic E-state index is 1.09. The van der Waals surface area contributed by atoms with Crippen LogP contribution in [0.2, 0.25) is 0 Å². The van der Waals surface area contributed by atoms with E-state index >= 15 is 0 Å². The highest BCUT2D eigenvalue weighted by molar-refractivity contribution is 5.67. The summed E-state index contributed by atoms with van der Waals surface area (Å²) in [7, 11) is 2.08. The molecule has 0 unspecified atom stereocenters. The zero-order chi connectivity index (χ0) is 15.4. The van der Waals surface area contributed by atoms with Crippen molar-refractivity contribution < 1.29 is 0 Å². The first-order valence-corrected chi connectivity index (χ1v) is 7.45. The van der Waals surface area contributed by atoms with E-state index in [0.29, 0.717) is 0 Å². The lowest BCUT2D eigenvalue weighted by Gasteiger charge is -2.20. The van der Waals surface area contributed by atoms with Gasteiger partial charge in [-0.25, -0.2) is 0 Å². The summed E-state index contributed by atoms with van der Waals surface area (Å²) in [5.74, 6) is 0. The van der Waals surface area contributed by atoms with E-state index in [1.807, 2.05) is 6.07 Å². The second kappa shape index (κ2) is 6.35. The summed E-state index contributed by atoms with van der Waals surface area (Å²) in [6.07, 6.45) is 0. The van der Waals surface area contributed by atoms with Gasteiger partial charge in [0.25, 0.3) is 0 Å². The maximum Gasteiger partial charge on any atom is 0.0409 e. The summed E-state index contributed by atoms with van der Waals surface area (Å²) < 4.78 is 0. The molecule has 0 saturated carbocycles. The van der Waals surface area contributed by atoms with Gasteiger partial charge in [0.1, 0.15) is 0 Å². The Balaban J connectivity index is 1.75. The van der Waals surface area contributed by atoms with Crippen LogP contribution in [0, 0.1) is 6.92 Å². The highest BCUT2D eigenvalue weighted by Crippen LogP contribution is 2.25. The second-order valence-corrected chi connectivity index (χ2v) is 5.44. The molecule has 0 spiro atoms. The van der Waals surface area contributed by atoms with E-state index < -0.39 is 0 Å². The standard InChI is InChI=1S/C20H20N2/c1-16-7-6-8-18(15-16)21-17-11-13-20(14-12-17)22(2)19-9-4-3-5-10-19/h3-15,21H,1-2H3. The zero-order valence-electron chi connectivity index (χ0n) is 13.0. The predicted molar refractivity (Wildman–Crippen MR) is 95.4 cm³/mol. The van der Waals surface area contributed by atoms with Crippen molar-refractivity contribution >= 4 is 22.7 Å². The molecule has 1 N–H and O–H groups in total. The van der Waals surface area contributed by atoms with E-state index in [1.54, 1.807) is 0 Å².